The molecule has 24 heavy (non-hydrogen) atoms. The zero-order valence-electron chi connectivity index (χ0n) is 12.8. The largest absolute Gasteiger partial charge is 0.466 e. The first kappa shape index (κ1) is 18.7. The second kappa shape index (κ2) is 8.47. The molecule has 1 N–H and O–H groups in total. The van der Waals surface area contributed by atoms with Gasteiger partial charge in [-0.15, -0.1) is 0 Å². The molecule has 0 aliphatic heterocycles. The number of ether oxygens (including phenoxy) is 2. The number of rotatable bonds is 5. The van der Waals surface area contributed by atoms with Crippen molar-refractivity contribution in [2.45, 2.75) is 23.6 Å². The van der Waals surface area contributed by atoms with Crippen LogP contribution in [0.1, 0.15) is 11.1 Å². The van der Waals surface area contributed by atoms with Gasteiger partial charge in [0.1, 0.15) is 12.4 Å². The molecule has 0 radical (unpaired) electrons. The summed E-state index contributed by atoms with van der Waals surface area (Å²) in [4.78, 5) is 11.9. The van der Waals surface area contributed by atoms with Crippen LogP contribution in [0.2, 0.25) is 0 Å². The van der Waals surface area contributed by atoms with E-state index in [1.54, 1.807) is 18.2 Å². The van der Waals surface area contributed by atoms with E-state index in [4.69, 9.17) is 44.3 Å². The molecule has 0 aliphatic rings. The summed E-state index contributed by atoms with van der Waals surface area (Å²) in [7, 11) is 0. The minimum absolute atomic E-state index is 0.101. The van der Waals surface area contributed by atoms with Crippen molar-refractivity contribution < 1.29 is 14.3 Å². The lowest BCUT2D eigenvalue weighted by molar-refractivity contribution is 0.106. The number of carbonyl (C=O) groups is 1. The Morgan fingerprint density at radius 1 is 1.12 bits per heavy atom. The zero-order valence-corrected chi connectivity index (χ0v) is 15.1. The fourth-order valence-corrected chi connectivity index (χ4v) is 2.17. The van der Waals surface area contributed by atoms with E-state index in [0.717, 1.165) is 11.1 Å². The number of benzene rings is 2. The van der Waals surface area contributed by atoms with Gasteiger partial charge in [-0.3, -0.25) is 5.32 Å². The second-order valence-corrected chi connectivity index (χ2v) is 7.43. The summed E-state index contributed by atoms with van der Waals surface area (Å²) < 4.78 is 8.82. The third-order valence-electron chi connectivity index (χ3n) is 3.00. The van der Waals surface area contributed by atoms with E-state index in [-0.39, 0.29) is 6.61 Å². The van der Waals surface area contributed by atoms with Gasteiger partial charge in [0.05, 0.1) is 0 Å². The first-order valence-electron chi connectivity index (χ1n) is 7.12. The van der Waals surface area contributed by atoms with Gasteiger partial charge in [-0.25, -0.2) is 4.79 Å². The molecule has 0 unspecified atom stereocenters. The molecule has 0 saturated heterocycles. The maximum absolute atomic E-state index is 11.9. The van der Waals surface area contributed by atoms with E-state index >= 15 is 0 Å². The molecule has 0 bridgehead atoms. The maximum Gasteiger partial charge on any atom is 0.410 e. The van der Waals surface area contributed by atoms with Gasteiger partial charge in [0, 0.05) is 0 Å². The number of aryl methyl sites for hydroxylation is 1. The lowest BCUT2D eigenvalue weighted by Crippen LogP contribution is -2.48. The summed E-state index contributed by atoms with van der Waals surface area (Å²) in [5, 5.41) is 2.42. The smallest absolute Gasteiger partial charge is 0.410 e. The SMILES string of the molecule is Cc1cccc(O[C@H](NC(=O)OCc2ccccc2)C(Cl)(Cl)Cl)c1. The molecule has 2 aromatic carbocycles. The minimum atomic E-state index is -1.87. The van der Waals surface area contributed by atoms with Crippen LogP contribution in [0.3, 0.4) is 0 Å². The third kappa shape index (κ3) is 6.11. The van der Waals surface area contributed by atoms with Crippen molar-refractivity contribution in [2.24, 2.45) is 0 Å². The molecule has 0 aromatic heterocycles. The van der Waals surface area contributed by atoms with Gasteiger partial charge in [-0.1, -0.05) is 77.3 Å². The standard InChI is InChI=1S/C17H16Cl3NO3/c1-12-6-5-9-14(10-12)24-15(17(18,19)20)21-16(22)23-11-13-7-3-2-4-8-13/h2-10,15H,11H2,1H3,(H,21,22)/t15-/m0/s1. The van der Waals surface area contributed by atoms with Crippen LogP contribution in [0.5, 0.6) is 5.75 Å². The Kier molecular flexibility index (Phi) is 6.60. The van der Waals surface area contributed by atoms with Gasteiger partial charge in [-0.05, 0) is 30.2 Å². The van der Waals surface area contributed by atoms with E-state index in [2.05, 4.69) is 5.32 Å². The van der Waals surface area contributed by atoms with Crippen LogP contribution in [0.15, 0.2) is 54.6 Å². The number of alkyl carbamates (subject to hydrolysis) is 1. The molecule has 7 heteroatoms. The quantitative estimate of drug-likeness (QED) is 0.579. The molecule has 1 atom stereocenters. The summed E-state index contributed by atoms with van der Waals surface area (Å²) in [5.41, 5.74) is 1.82. The van der Waals surface area contributed by atoms with Crippen LogP contribution >= 0.6 is 34.8 Å². The van der Waals surface area contributed by atoms with Crippen LogP contribution in [0.4, 0.5) is 4.79 Å². The molecule has 0 saturated carbocycles. The van der Waals surface area contributed by atoms with Crippen LogP contribution < -0.4 is 10.1 Å². The lowest BCUT2D eigenvalue weighted by Gasteiger charge is -2.26. The van der Waals surface area contributed by atoms with Gasteiger partial charge in [0.2, 0.25) is 10.0 Å². The highest BCUT2D eigenvalue weighted by Crippen LogP contribution is 2.32. The third-order valence-corrected chi connectivity index (χ3v) is 3.60. The normalized spacial score (nSPS) is 12.3. The molecule has 0 aliphatic carbocycles. The molecule has 2 aromatic rings. The fourth-order valence-electron chi connectivity index (χ4n) is 1.87. The van der Waals surface area contributed by atoms with Gasteiger partial charge >= 0.3 is 6.09 Å². The highest BCUT2D eigenvalue weighted by Gasteiger charge is 2.36. The van der Waals surface area contributed by atoms with E-state index in [9.17, 15) is 4.79 Å². The predicted octanol–water partition coefficient (Wildman–Crippen LogP) is 5.00. The zero-order chi connectivity index (χ0) is 17.6. The van der Waals surface area contributed by atoms with Gasteiger partial charge < -0.3 is 9.47 Å². The number of hydrogen-bond acceptors (Lipinski definition) is 3. The molecule has 1 amide bonds. The first-order valence-corrected chi connectivity index (χ1v) is 8.25. The van der Waals surface area contributed by atoms with Crippen LogP contribution in [-0.4, -0.2) is 16.1 Å². The molecule has 0 fully saturated rings. The number of nitrogens with one attached hydrogen (secondary N) is 1. The number of hydrogen-bond donors (Lipinski definition) is 1. The molecular formula is C17H16Cl3NO3. The number of halogens is 3. The van der Waals surface area contributed by atoms with Crippen molar-refractivity contribution in [3.8, 4) is 5.75 Å². The first-order chi connectivity index (χ1) is 11.3. The lowest BCUT2D eigenvalue weighted by atomic mass is 10.2. The molecule has 0 spiro atoms. The van der Waals surface area contributed by atoms with Crippen molar-refractivity contribution in [1.82, 2.24) is 5.32 Å². The highest BCUT2D eigenvalue weighted by molar-refractivity contribution is 6.68. The topological polar surface area (TPSA) is 47.6 Å². The van der Waals surface area contributed by atoms with Crippen molar-refractivity contribution in [2.75, 3.05) is 0 Å². The fraction of sp³-hybridized carbons (Fsp3) is 0.235. The summed E-state index contributed by atoms with van der Waals surface area (Å²) >= 11 is 17.7. The molecular weight excluding hydrogens is 373 g/mol. The van der Waals surface area contributed by atoms with E-state index in [1.807, 2.05) is 43.3 Å². The molecule has 0 heterocycles. The van der Waals surface area contributed by atoms with E-state index < -0.39 is 16.1 Å². The number of carbonyl (C=O) groups excluding carboxylic acids is 1. The molecule has 128 valence electrons. The Labute approximate surface area is 155 Å². The highest BCUT2D eigenvalue weighted by atomic mass is 35.6. The van der Waals surface area contributed by atoms with Gasteiger partial charge in [0.25, 0.3) is 0 Å². The Bertz CT molecular complexity index is 674. The molecule has 2 rings (SSSR count). The monoisotopic (exact) mass is 387 g/mol. The van der Waals surface area contributed by atoms with Crippen LogP contribution in [-0.2, 0) is 11.3 Å². The summed E-state index contributed by atoms with van der Waals surface area (Å²) in [6.45, 7) is 2.00. The Balaban J connectivity index is 1.97. The molecule has 4 nitrogen and oxygen atoms in total. The average Bonchev–Trinajstić information content (AvgIpc) is 2.52. The Hall–Kier alpha value is -1.62. The Morgan fingerprint density at radius 2 is 1.83 bits per heavy atom. The summed E-state index contributed by atoms with van der Waals surface area (Å²) in [6, 6.07) is 16.4. The van der Waals surface area contributed by atoms with Gasteiger partial charge in [-0.2, -0.15) is 0 Å². The van der Waals surface area contributed by atoms with E-state index in [0.29, 0.717) is 5.75 Å². The second-order valence-electron chi connectivity index (χ2n) is 5.06. The maximum atomic E-state index is 11.9. The summed E-state index contributed by atoms with van der Waals surface area (Å²) in [5.74, 6) is 0.467. The average molecular weight is 389 g/mol. The van der Waals surface area contributed by atoms with Crippen molar-refractivity contribution >= 4 is 40.9 Å². The van der Waals surface area contributed by atoms with Gasteiger partial charge in [0.15, 0.2) is 0 Å². The van der Waals surface area contributed by atoms with Crippen LogP contribution in [0, 0.1) is 6.92 Å². The van der Waals surface area contributed by atoms with Crippen molar-refractivity contribution in [3.63, 3.8) is 0 Å². The number of alkyl halides is 3. The van der Waals surface area contributed by atoms with Crippen molar-refractivity contribution in [3.05, 3.63) is 65.7 Å². The predicted molar refractivity (Wildman–Crippen MR) is 95.6 cm³/mol. The van der Waals surface area contributed by atoms with Crippen LogP contribution in [0.25, 0.3) is 0 Å². The number of amides is 1. The Morgan fingerprint density at radius 3 is 2.46 bits per heavy atom. The van der Waals surface area contributed by atoms with Crippen molar-refractivity contribution in [1.29, 1.82) is 0 Å². The van der Waals surface area contributed by atoms with E-state index in [1.165, 1.54) is 0 Å². The minimum Gasteiger partial charge on any atom is -0.466 e. The summed E-state index contributed by atoms with van der Waals surface area (Å²) in [6.07, 6.45) is -1.95.